The van der Waals surface area contributed by atoms with E-state index in [0.29, 0.717) is 6.54 Å². The third-order valence-corrected chi connectivity index (χ3v) is 4.16. The first kappa shape index (κ1) is 15.4. The average molecular weight is 317 g/mol. The highest BCUT2D eigenvalue weighted by molar-refractivity contribution is 5.95. The van der Waals surface area contributed by atoms with Crippen molar-refractivity contribution in [3.63, 3.8) is 0 Å². The zero-order valence-electron chi connectivity index (χ0n) is 12.9. The van der Waals surface area contributed by atoms with Crippen LogP contribution in [-0.4, -0.2) is 28.4 Å². The SMILES string of the molecule is Cc1ccc(C2CCCCCN2C(=O)c2cc(C(=O)O)co2)o1. The van der Waals surface area contributed by atoms with E-state index < -0.39 is 5.97 Å². The first-order valence-corrected chi connectivity index (χ1v) is 7.75. The Morgan fingerprint density at radius 1 is 1.26 bits per heavy atom. The van der Waals surface area contributed by atoms with Gasteiger partial charge >= 0.3 is 5.97 Å². The highest BCUT2D eigenvalue weighted by Crippen LogP contribution is 2.32. The molecule has 6 heteroatoms. The molecule has 23 heavy (non-hydrogen) atoms. The molecule has 1 fully saturated rings. The van der Waals surface area contributed by atoms with Crippen LogP contribution >= 0.6 is 0 Å². The van der Waals surface area contributed by atoms with Crippen molar-refractivity contribution < 1.29 is 23.5 Å². The Hall–Kier alpha value is -2.50. The molecule has 1 saturated heterocycles. The normalized spacial score (nSPS) is 18.7. The maximum atomic E-state index is 12.8. The number of nitrogens with zero attached hydrogens (tertiary/aromatic N) is 1. The molecule has 3 rings (SSSR count). The molecule has 2 aromatic rings. The predicted octanol–water partition coefficient (Wildman–Crippen LogP) is 3.64. The smallest absolute Gasteiger partial charge is 0.338 e. The minimum absolute atomic E-state index is 0.0198. The van der Waals surface area contributed by atoms with Crippen molar-refractivity contribution in [1.82, 2.24) is 4.90 Å². The number of carbonyl (C=O) groups excluding carboxylic acids is 1. The molecule has 3 heterocycles. The number of rotatable bonds is 3. The zero-order valence-corrected chi connectivity index (χ0v) is 12.9. The fourth-order valence-electron chi connectivity index (χ4n) is 2.98. The summed E-state index contributed by atoms with van der Waals surface area (Å²) in [6.45, 7) is 2.48. The van der Waals surface area contributed by atoms with Crippen molar-refractivity contribution in [1.29, 1.82) is 0 Å². The molecule has 1 atom stereocenters. The fourth-order valence-corrected chi connectivity index (χ4v) is 2.98. The number of carboxylic acid groups (broad SMARTS) is 1. The van der Waals surface area contributed by atoms with Crippen LogP contribution in [0.3, 0.4) is 0 Å². The molecule has 1 amide bonds. The van der Waals surface area contributed by atoms with Crippen LogP contribution < -0.4 is 0 Å². The Morgan fingerprint density at radius 2 is 2.09 bits per heavy atom. The van der Waals surface area contributed by atoms with Gasteiger partial charge in [0.1, 0.15) is 17.8 Å². The van der Waals surface area contributed by atoms with E-state index in [1.165, 1.54) is 6.07 Å². The van der Waals surface area contributed by atoms with Gasteiger partial charge in [-0.1, -0.05) is 12.8 Å². The summed E-state index contributed by atoms with van der Waals surface area (Å²) in [5.74, 6) is 0.225. The summed E-state index contributed by atoms with van der Waals surface area (Å²) < 4.78 is 10.9. The summed E-state index contributed by atoms with van der Waals surface area (Å²) in [6.07, 6.45) is 4.91. The molecule has 0 bridgehead atoms. The Bertz CT molecular complexity index is 714. The van der Waals surface area contributed by atoms with E-state index in [1.807, 2.05) is 19.1 Å². The second kappa shape index (κ2) is 6.32. The van der Waals surface area contributed by atoms with Crippen molar-refractivity contribution in [2.45, 2.75) is 38.6 Å². The highest BCUT2D eigenvalue weighted by atomic mass is 16.4. The minimum atomic E-state index is -1.11. The van der Waals surface area contributed by atoms with Gasteiger partial charge in [-0.05, 0) is 31.9 Å². The largest absolute Gasteiger partial charge is 0.478 e. The van der Waals surface area contributed by atoms with Gasteiger partial charge in [0.2, 0.25) is 0 Å². The van der Waals surface area contributed by atoms with Crippen LogP contribution in [0.2, 0.25) is 0 Å². The third kappa shape index (κ3) is 3.16. The third-order valence-electron chi connectivity index (χ3n) is 4.16. The lowest BCUT2D eigenvalue weighted by Crippen LogP contribution is -2.34. The van der Waals surface area contributed by atoms with Crippen LogP contribution in [0, 0.1) is 6.92 Å². The second-order valence-corrected chi connectivity index (χ2v) is 5.82. The molecule has 0 aromatic carbocycles. The van der Waals surface area contributed by atoms with Gasteiger partial charge in [-0.15, -0.1) is 0 Å². The number of amides is 1. The van der Waals surface area contributed by atoms with E-state index in [-0.39, 0.29) is 23.3 Å². The van der Waals surface area contributed by atoms with Crippen LogP contribution in [0.1, 0.15) is 64.2 Å². The maximum Gasteiger partial charge on any atom is 0.338 e. The van der Waals surface area contributed by atoms with Crippen LogP contribution in [0.5, 0.6) is 0 Å². The van der Waals surface area contributed by atoms with Crippen molar-refractivity contribution in [2.75, 3.05) is 6.54 Å². The minimum Gasteiger partial charge on any atom is -0.478 e. The quantitative estimate of drug-likeness (QED) is 0.934. The maximum absolute atomic E-state index is 12.8. The van der Waals surface area contributed by atoms with Crippen molar-refractivity contribution in [3.05, 3.63) is 47.3 Å². The number of carbonyl (C=O) groups is 2. The predicted molar refractivity (Wildman–Crippen MR) is 81.4 cm³/mol. The number of hydrogen-bond donors (Lipinski definition) is 1. The van der Waals surface area contributed by atoms with Crippen molar-refractivity contribution >= 4 is 11.9 Å². The molecule has 1 unspecified atom stereocenters. The van der Waals surface area contributed by atoms with Gasteiger partial charge in [0, 0.05) is 12.6 Å². The first-order valence-electron chi connectivity index (χ1n) is 7.75. The van der Waals surface area contributed by atoms with Gasteiger partial charge < -0.3 is 18.8 Å². The Kier molecular flexibility index (Phi) is 4.23. The number of carboxylic acids is 1. The molecule has 1 aliphatic rings. The summed E-state index contributed by atoms with van der Waals surface area (Å²) in [4.78, 5) is 25.5. The van der Waals surface area contributed by atoms with Crippen LogP contribution in [0.25, 0.3) is 0 Å². The summed E-state index contributed by atoms with van der Waals surface area (Å²) in [7, 11) is 0. The molecular weight excluding hydrogens is 298 g/mol. The molecule has 1 aliphatic heterocycles. The number of furan rings is 2. The van der Waals surface area contributed by atoms with Crippen LogP contribution in [-0.2, 0) is 0 Å². The summed E-state index contributed by atoms with van der Waals surface area (Å²) in [6, 6.07) is 4.92. The van der Waals surface area contributed by atoms with E-state index in [0.717, 1.165) is 43.5 Å². The fraction of sp³-hybridized carbons (Fsp3) is 0.412. The van der Waals surface area contributed by atoms with E-state index in [2.05, 4.69) is 0 Å². The monoisotopic (exact) mass is 317 g/mol. The molecule has 0 spiro atoms. The molecule has 2 aromatic heterocycles. The number of likely N-dealkylation sites (tertiary alicyclic amines) is 1. The molecule has 0 aliphatic carbocycles. The lowest BCUT2D eigenvalue weighted by molar-refractivity contribution is 0.0624. The standard InChI is InChI=1S/C17H19NO5/c1-11-6-7-14(23-11)13-5-3-2-4-8-18(13)16(19)15-9-12(10-22-15)17(20)21/h6-7,9-10,13H,2-5,8H2,1H3,(H,20,21). The Morgan fingerprint density at radius 3 is 2.74 bits per heavy atom. The molecule has 0 saturated carbocycles. The Balaban J connectivity index is 1.89. The van der Waals surface area contributed by atoms with Gasteiger partial charge in [-0.3, -0.25) is 4.79 Å². The van der Waals surface area contributed by atoms with Gasteiger partial charge in [0.25, 0.3) is 5.91 Å². The van der Waals surface area contributed by atoms with E-state index in [1.54, 1.807) is 4.90 Å². The summed E-state index contributed by atoms with van der Waals surface area (Å²) >= 11 is 0. The number of aryl methyl sites for hydroxylation is 1. The lowest BCUT2D eigenvalue weighted by atomic mass is 10.1. The van der Waals surface area contributed by atoms with E-state index >= 15 is 0 Å². The first-order chi connectivity index (χ1) is 11.1. The van der Waals surface area contributed by atoms with Crippen LogP contribution in [0.4, 0.5) is 0 Å². The van der Waals surface area contributed by atoms with E-state index in [4.69, 9.17) is 13.9 Å². The summed E-state index contributed by atoms with van der Waals surface area (Å²) in [5.41, 5.74) is -0.0198. The topological polar surface area (TPSA) is 83.9 Å². The number of aromatic carboxylic acids is 1. The molecule has 1 N–H and O–H groups in total. The molecule has 0 radical (unpaired) electrons. The van der Waals surface area contributed by atoms with Gasteiger partial charge in [-0.25, -0.2) is 4.79 Å². The second-order valence-electron chi connectivity index (χ2n) is 5.82. The molecule has 6 nitrogen and oxygen atoms in total. The highest BCUT2D eigenvalue weighted by Gasteiger charge is 2.31. The van der Waals surface area contributed by atoms with Crippen molar-refractivity contribution in [3.8, 4) is 0 Å². The van der Waals surface area contributed by atoms with E-state index in [9.17, 15) is 9.59 Å². The average Bonchev–Trinajstić information content (AvgIpc) is 3.10. The van der Waals surface area contributed by atoms with Crippen LogP contribution in [0.15, 0.2) is 33.3 Å². The molecule has 122 valence electrons. The molecular formula is C17H19NO5. The van der Waals surface area contributed by atoms with Gasteiger partial charge in [0.05, 0.1) is 11.6 Å². The number of hydrogen-bond acceptors (Lipinski definition) is 4. The summed E-state index contributed by atoms with van der Waals surface area (Å²) in [5, 5.41) is 8.97. The lowest BCUT2D eigenvalue weighted by Gasteiger charge is -2.27. The van der Waals surface area contributed by atoms with Crippen molar-refractivity contribution in [2.24, 2.45) is 0 Å². The van der Waals surface area contributed by atoms with Gasteiger partial charge in [-0.2, -0.15) is 0 Å². The van der Waals surface area contributed by atoms with Gasteiger partial charge in [0.15, 0.2) is 5.76 Å². The zero-order chi connectivity index (χ0) is 16.4. The Labute approximate surface area is 133 Å².